The number of hydrogen-bond donors (Lipinski definition) is 3. The van der Waals surface area contributed by atoms with Crippen molar-refractivity contribution in [2.24, 2.45) is 0 Å². The molecule has 2 unspecified atom stereocenters. The van der Waals surface area contributed by atoms with E-state index in [0.717, 1.165) is 38.5 Å². The van der Waals surface area contributed by atoms with E-state index >= 15 is 0 Å². The first kappa shape index (κ1) is 77.9. The number of carbonyl (C=O) groups excluding carboxylic acids is 2. The van der Waals surface area contributed by atoms with E-state index in [1.54, 1.807) is 0 Å². The highest BCUT2D eigenvalue weighted by Crippen LogP contribution is 2.20. The summed E-state index contributed by atoms with van der Waals surface area (Å²) in [7, 11) is 0. The number of aliphatic hydroxyl groups is 2. The zero-order valence-corrected chi connectivity index (χ0v) is 54.2. The Bertz CT molecular complexity index is 1150. The molecule has 79 heavy (non-hydrogen) atoms. The maximum absolute atomic E-state index is 12.5. The second-order valence-electron chi connectivity index (χ2n) is 25.6. The van der Waals surface area contributed by atoms with Crippen LogP contribution in [0.3, 0.4) is 0 Å². The van der Waals surface area contributed by atoms with Crippen LogP contribution in [-0.2, 0) is 14.3 Å². The van der Waals surface area contributed by atoms with Crippen LogP contribution in [0.5, 0.6) is 0 Å². The number of aliphatic hydroxyl groups excluding tert-OH is 2. The van der Waals surface area contributed by atoms with E-state index in [0.29, 0.717) is 25.9 Å². The molecule has 2 atom stereocenters. The Kier molecular flexibility index (Phi) is 68.4. The fourth-order valence-electron chi connectivity index (χ4n) is 12.1. The molecule has 3 N–H and O–H groups in total. The Balaban J connectivity index is 3.28. The monoisotopic (exact) mass is 1120 g/mol. The van der Waals surface area contributed by atoms with Gasteiger partial charge in [-0.05, 0) is 25.7 Å². The van der Waals surface area contributed by atoms with Gasteiger partial charge >= 0.3 is 5.97 Å². The van der Waals surface area contributed by atoms with Gasteiger partial charge in [0.15, 0.2) is 0 Å². The molecule has 0 saturated heterocycles. The molecular formula is C73H145NO5. The Morgan fingerprint density at radius 3 is 0.772 bits per heavy atom. The molecule has 0 spiro atoms. The number of nitrogens with one attached hydrogen (secondary N) is 1. The van der Waals surface area contributed by atoms with Crippen LogP contribution in [0.1, 0.15) is 431 Å². The van der Waals surface area contributed by atoms with E-state index in [1.165, 1.54) is 360 Å². The molecule has 0 rings (SSSR count). The number of rotatable bonds is 70. The lowest BCUT2D eigenvalue weighted by atomic mass is 10.0. The second kappa shape index (κ2) is 69.4. The minimum absolute atomic E-state index is 0.0264. The first-order valence-electron chi connectivity index (χ1n) is 36.8. The lowest BCUT2D eigenvalue weighted by molar-refractivity contribution is -0.143. The molecule has 0 aliphatic heterocycles. The summed E-state index contributed by atoms with van der Waals surface area (Å²) in [6.45, 7) is 5.00. The van der Waals surface area contributed by atoms with Gasteiger partial charge in [-0.2, -0.15) is 0 Å². The highest BCUT2D eigenvalue weighted by Gasteiger charge is 2.20. The summed E-state index contributed by atoms with van der Waals surface area (Å²) in [4.78, 5) is 24.6. The molecule has 6 nitrogen and oxygen atoms in total. The van der Waals surface area contributed by atoms with Crippen molar-refractivity contribution in [1.29, 1.82) is 0 Å². The van der Waals surface area contributed by atoms with Crippen LogP contribution in [0, 0.1) is 0 Å². The number of hydrogen-bond acceptors (Lipinski definition) is 5. The zero-order chi connectivity index (χ0) is 57.1. The van der Waals surface area contributed by atoms with Gasteiger partial charge in [0.2, 0.25) is 5.91 Å². The largest absolute Gasteiger partial charge is 0.466 e. The van der Waals surface area contributed by atoms with Crippen molar-refractivity contribution in [3.63, 3.8) is 0 Å². The smallest absolute Gasteiger partial charge is 0.305 e. The third kappa shape index (κ3) is 65.9. The Hall–Kier alpha value is -1.14. The Morgan fingerprint density at radius 2 is 0.519 bits per heavy atom. The fraction of sp³-hybridized carbons (Fsp3) is 0.973. The SMILES string of the molecule is CCCCCCCCCCCCCCCCCCCCC(=O)OCCCCCCCCCCCCCCCCCCCCCCCCCCCCCCCCCC(=O)NC(CO)C(O)CCCCCCCCCCCCCCC. The van der Waals surface area contributed by atoms with Crippen LogP contribution in [0.2, 0.25) is 0 Å². The average Bonchev–Trinajstić information content (AvgIpc) is 3.45. The van der Waals surface area contributed by atoms with Gasteiger partial charge in [-0.1, -0.05) is 393 Å². The van der Waals surface area contributed by atoms with Gasteiger partial charge in [-0.3, -0.25) is 9.59 Å². The number of unbranched alkanes of at least 4 members (excludes halogenated alkanes) is 59. The first-order chi connectivity index (χ1) is 39.0. The fourth-order valence-corrected chi connectivity index (χ4v) is 12.1. The van der Waals surface area contributed by atoms with Gasteiger partial charge in [0.1, 0.15) is 0 Å². The summed E-state index contributed by atoms with van der Waals surface area (Å²) < 4.78 is 5.52. The number of carbonyl (C=O) groups is 2. The van der Waals surface area contributed by atoms with E-state index in [1.807, 2.05) is 0 Å². The van der Waals surface area contributed by atoms with Crippen LogP contribution in [0.25, 0.3) is 0 Å². The predicted octanol–water partition coefficient (Wildman–Crippen LogP) is 23.8. The quantitative estimate of drug-likeness (QED) is 0.0417. The second-order valence-corrected chi connectivity index (χ2v) is 25.6. The number of amides is 1. The molecule has 6 heteroatoms. The number of ether oxygens (including phenoxy) is 1. The third-order valence-electron chi connectivity index (χ3n) is 17.7. The normalized spacial score (nSPS) is 12.4. The Morgan fingerprint density at radius 1 is 0.304 bits per heavy atom. The highest BCUT2D eigenvalue weighted by molar-refractivity contribution is 5.76. The summed E-state index contributed by atoms with van der Waals surface area (Å²) in [5, 5.41) is 23.3. The van der Waals surface area contributed by atoms with Crippen LogP contribution in [0.4, 0.5) is 0 Å². The predicted molar refractivity (Wildman–Crippen MR) is 347 cm³/mol. The van der Waals surface area contributed by atoms with E-state index in [9.17, 15) is 19.8 Å². The van der Waals surface area contributed by atoms with Crippen molar-refractivity contribution >= 4 is 11.9 Å². The summed E-state index contributed by atoms with van der Waals surface area (Å²) in [6, 6.07) is -0.536. The molecule has 0 aromatic heterocycles. The first-order valence-corrected chi connectivity index (χ1v) is 36.8. The van der Waals surface area contributed by atoms with E-state index in [-0.39, 0.29) is 18.5 Å². The third-order valence-corrected chi connectivity index (χ3v) is 17.7. The highest BCUT2D eigenvalue weighted by atomic mass is 16.5. The van der Waals surface area contributed by atoms with Gasteiger partial charge in [0.05, 0.1) is 25.4 Å². The lowest BCUT2D eigenvalue weighted by Gasteiger charge is -2.22. The standard InChI is InChI=1S/C73H145NO5/c1-3-5-7-9-11-13-15-17-18-19-36-39-43-47-51-55-59-63-67-73(78)79-68-64-60-56-52-48-44-40-37-34-32-30-28-26-24-22-20-21-23-25-27-29-31-33-35-38-42-46-50-54-58-62-66-72(77)74-70(69-75)71(76)65-61-57-53-49-45-41-16-14-12-10-8-6-4-2/h70-71,75-76H,3-69H2,1-2H3,(H,74,77). The van der Waals surface area contributed by atoms with Crippen molar-refractivity contribution in [1.82, 2.24) is 5.32 Å². The van der Waals surface area contributed by atoms with Crippen molar-refractivity contribution in [2.45, 2.75) is 443 Å². The van der Waals surface area contributed by atoms with Crippen molar-refractivity contribution < 1.29 is 24.5 Å². The van der Waals surface area contributed by atoms with Gasteiger partial charge in [0, 0.05) is 12.8 Å². The van der Waals surface area contributed by atoms with Gasteiger partial charge in [-0.25, -0.2) is 0 Å². The van der Waals surface area contributed by atoms with Gasteiger partial charge in [0.25, 0.3) is 0 Å². The molecule has 472 valence electrons. The van der Waals surface area contributed by atoms with Crippen molar-refractivity contribution in [3.8, 4) is 0 Å². The summed E-state index contributed by atoms with van der Waals surface area (Å²) in [6.07, 6.45) is 84.6. The molecule has 1 amide bonds. The summed E-state index contributed by atoms with van der Waals surface area (Å²) in [5.41, 5.74) is 0. The topological polar surface area (TPSA) is 95.9 Å². The number of esters is 1. The van der Waals surface area contributed by atoms with Gasteiger partial charge in [-0.15, -0.1) is 0 Å². The van der Waals surface area contributed by atoms with Crippen molar-refractivity contribution in [2.75, 3.05) is 13.2 Å². The van der Waals surface area contributed by atoms with Crippen molar-refractivity contribution in [3.05, 3.63) is 0 Å². The van der Waals surface area contributed by atoms with Crippen LogP contribution in [-0.4, -0.2) is 47.4 Å². The molecule has 0 aromatic rings. The molecule has 0 radical (unpaired) electrons. The average molecular weight is 1120 g/mol. The minimum atomic E-state index is -0.659. The maximum atomic E-state index is 12.5. The van der Waals surface area contributed by atoms with E-state index in [4.69, 9.17) is 4.74 Å². The Labute approximate surface area is 496 Å². The molecular weight excluding hydrogens is 971 g/mol. The molecule has 0 saturated carbocycles. The van der Waals surface area contributed by atoms with Gasteiger partial charge < -0.3 is 20.3 Å². The lowest BCUT2D eigenvalue weighted by Crippen LogP contribution is -2.45. The van der Waals surface area contributed by atoms with E-state index < -0.39 is 12.1 Å². The van der Waals surface area contributed by atoms with Crippen LogP contribution in [0.15, 0.2) is 0 Å². The minimum Gasteiger partial charge on any atom is -0.466 e. The van der Waals surface area contributed by atoms with E-state index in [2.05, 4.69) is 19.2 Å². The zero-order valence-electron chi connectivity index (χ0n) is 54.2. The summed E-state index contributed by atoms with van der Waals surface area (Å²) >= 11 is 0. The molecule has 0 aliphatic rings. The maximum Gasteiger partial charge on any atom is 0.305 e. The molecule has 0 aliphatic carbocycles. The molecule has 0 fully saturated rings. The van der Waals surface area contributed by atoms with Crippen LogP contribution < -0.4 is 5.32 Å². The molecule has 0 heterocycles. The summed E-state index contributed by atoms with van der Waals surface area (Å²) in [5.74, 6) is -0.00134. The van der Waals surface area contributed by atoms with Crippen LogP contribution >= 0.6 is 0 Å². The molecule has 0 bridgehead atoms. The molecule has 0 aromatic carbocycles.